The molecule has 0 fully saturated rings. The summed E-state index contributed by atoms with van der Waals surface area (Å²) in [5.74, 6) is -1.95. The smallest absolute Gasteiger partial charge is 0.269 e. The Labute approximate surface area is 175 Å². The third kappa shape index (κ3) is 5.03. The Morgan fingerprint density at radius 2 is 1.83 bits per heavy atom. The molecule has 0 aliphatic rings. The van der Waals surface area contributed by atoms with Crippen LogP contribution in [0.15, 0.2) is 36.4 Å². The van der Waals surface area contributed by atoms with Crippen molar-refractivity contribution in [1.29, 1.82) is 0 Å². The summed E-state index contributed by atoms with van der Waals surface area (Å²) in [5.41, 5.74) is 0.0944. The number of anilines is 1. The minimum atomic E-state index is -0.798. The molecule has 0 aliphatic carbocycles. The Kier molecular flexibility index (Phi) is 7.17. The van der Waals surface area contributed by atoms with Crippen molar-refractivity contribution in [3.8, 4) is 0 Å². The van der Waals surface area contributed by atoms with Crippen molar-refractivity contribution < 1.29 is 18.5 Å². The van der Waals surface area contributed by atoms with Gasteiger partial charge in [0.15, 0.2) is 10.9 Å². The topological polar surface area (TPSA) is 79.6 Å². The maximum absolute atomic E-state index is 14.0. The van der Waals surface area contributed by atoms with Crippen molar-refractivity contribution in [3.63, 3.8) is 0 Å². The van der Waals surface area contributed by atoms with Gasteiger partial charge in [-0.3, -0.25) is 19.8 Å². The molecule has 7 nitrogen and oxygen atoms in total. The highest BCUT2D eigenvalue weighted by molar-refractivity contribution is 7.22. The monoisotopic (exact) mass is 442 g/mol. The van der Waals surface area contributed by atoms with Crippen LogP contribution in [0.5, 0.6) is 0 Å². The van der Waals surface area contributed by atoms with Crippen molar-refractivity contribution in [2.75, 3.05) is 32.1 Å². The zero-order valence-corrected chi connectivity index (χ0v) is 17.1. The minimum absolute atomic E-state index is 0. The van der Waals surface area contributed by atoms with Gasteiger partial charge in [-0.2, -0.15) is 0 Å². The Morgan fingerprint density at radius 1 is 1.17 bits per heavy atom. The summed E-state index contributed by atoms with van der Waals surface area (Å²) in [4.78, 5) is 30.7. The summed E-state index contributed by atoms with van der Waals surface area (Å²) in [5, 5.41) is 11.0. The van der Waals surface area contributed by atoms with Crippen molar-refractivity contribution in [1.82, 2.24) is 9.88 Å². The first-order valence-electron chi connectivity index (χ1n) is 8.23. The van der Waals surface area contributed by atoms with Gasteiger partial charge in [-0.15, -0.1) is 12.4 Å². The molecule has 1 heterocycles. The summed E-state index contributed by atoms with van der Waals surface area (Å²) in [6.45, 7) is 0.762. The van der Waals surface area contributed by atoms with E-state index in [2.05, 4.69) is 4.98 Å². The number of carbonyl (C=O) groups is 1. The quantitative estimate of drug-likeness (QED) is 0.424. The summed E-state index contributed by atoms with van der Waals surface area (Å²) in [6, 6.07) is 7.11. The predicted molar refractivity (Wildman–Crippen MR) is 110 cm³/mol. The fraction of sp³-hybridized carbons (Fsp3) is 0.222. The van der Waals surface area contributed by atoms with E-state index in [-0.39, 0.29) is 40.9 Å². The highest BCUT2D eigenvalue weighted by atomic mass is 35.5. The maximum Gasteiger partial charge on any atom is 0.269 e. The van der Waals surface area contributed by atoms with Crippen molar-refractivity contribution in [2.45, 2.75) is 0 Å². The van der Waals surface area contributed by atoms with Gasteiger partial charge in [-0.1, -0.05) is 11.3 Å². The van der Waals surface area contributed by atoms with Crippen molar-refractivity contribution in [2.24, 2.45) is 0 Å². The molecule has 0 N–H and O–H groups in total. The number of nitrogens with zero attached hydrogens (tertiary/aromatic N) is 4. The number of hydrogen-bond donors (Lipinski definition) is 0. The molecule has 2 aromatic carbocycles. The number of nitro groups is 1. The molecule has 0 bridgehead atoms. The number of likely N-dealkylation sites (N-methyl/N-ethyl adjacent to an activating group) is 1. The van der Waals surface area contributed by atoms with Crippen LogP contribution in [0.1, 0.15) is 10.4 Å². The van der Waals surface area contributed by atoms with Crippen LogP contribution in [0.3, 0.4) is 0 Å². The lowest BCUT2D eigenvalue weighted by Gasteiger charge is -2.22. The number of halogens is 3. The van der Waals surface area contributed by atoms with Gasteiger partial charge in [0.2, 0.25) is 0 Å². The van der Waals surface area contributed by atoms with Gasteiger partial charge in [-0.05, 0) is 32.3 Å². The van der Waals surface area contributed by atoms with Gasteiger partial charge in [0.1, 0.15) is 11.3 Å². The van der Waals surface area contributed by atoms with E-state index in [1.807, 2.05) is 19.0 Å². The molecule has 0 spiro atoms. The Hall–Kier alpha value is -2.69. The summed E-state index contributed by atoms with van der Waals surface area (Å²) >= 11 is 1.00. The van der Waals surface area contributed by atoms with Crippen LogP contribution in [0.2, 0.25) is 0 Å². The average Bonchev–Trinajstić information content (AvgIpc) is 3.05. The molecule has 1 amide bonds. The molecule has 1 aromatic heterocycles. The molecular formula is C18H17ClF2N4O3S. The van der Waals surface area contributed by atoms with Gasteiger partial charge in [-0.25, -0.2) is 13.8 Å². The molecule has 0 saturated carbocycles. The Bertz CT molecular complexity index is 1040. The predicted octanol–water partition coefficient (Wildman–Crippen LogP) is 4.11. The zero-order valence-electron chi connectivity index (χ0n) is 15.5. The van der Waals surface area contributed by atoms with Crippen LogP contribution < -0.4 is 4.90 Å². The van der Waals surface area contributed by atoms with Crippen LogP contribution in [0, 0.1) is 21.7 Å². The summed E-state index contributed by atoms with van der Waals surface area (Å²) in [7, 11) is 3.67. The number of amides is 1. The maximum atomic E-state index is 14.0. The van der Waals surface area contributed by atoms with Crippen LogP contribution in [0.4, 0.5) is 19.6 Å². The first kappa shape index (κ1) is 22.6. The second kappa shape index (κ2) is 9.21. The van der Waals surface area contributed by atoms with Crippen LogP contribution in [-0.4, -0.2) is 47.9 Å². The lowest BCUT2D eigenvalue weighted by Crippen LogP contribution is -2.36. The van der Waals surface area contributed by atoms with E-state index in [1.165, 1.54) is 35.2 Å². The van der Waals surface area contributed by atoms with E-state index in [9.17, 15) is 23.7 Å². The number of benzene rings is 2. The van der Waals surface area contributed by atoms with Gasteiger partial charge in [0, 0.05) is 36.9 Å². The molecule has 0 radical (unpaired) electrons. The molecule has 0 atom stereocenters. The molecule has 29 heavy (non-hydrogen) atoms. The van der Waals surface area contributed by atoms with Gasteiger partial charge in [0.25, 0.3) is 11.6 Å². The van der Waals surface area contributed by atoms with Crippen LogP contribution >= 0.6 is 23.7 Å². The lowest BCUT2D eigenvalue weighted by molar-refractivity contribution is -0.384. The number of fused-ring (bicyclic) bond motifs is 1. The SMILES string of the molecule is CN(C)CCN(C(=O)c1ccc([N+](=O)[O-])cc1)c1nc2c(F)cc(F)cc2s1.Cl. The molecule has 0 aliphatic heterocycles. The van der Waals surface area contributed by atoms with E-state index in [1.54, 1.807) is 0 Å². The second-order valence-corrected chi connectivity index (χ2v) is 7.30. The molecular weight excluding hydrogens is 426 g/mol. The van der Waals surface area contributed by atoms with Crippen molar-refractivity contribution in [3.05, 3.63) is 63.7 Å². The van der Waals surface area contributed by atoms with E-state index in [0.717, 1.165) is 17.4 Å². The summed E-state index contributed by atoms with van der Waals surface area (Å²) in [6.07, 6.45) is 0. The highest BCUT2D eigenvalue weighted by Crippen LogP contribution is 2.32. The highest BCUT2D eigenvalue weighted by Gasteiger charge is 2.23. The molecule has 3 rings (SSSR count). The summed E-state index contributed by atoms with van der Waals surface area (Å²) < 4.78 is 27.8. The average molecular weight is 443 g/mol. The van der Waals surface area contributed by atoms with Gasteiger partial charge >= 0.3 is 0 Å². The van der Waals surface area contributed by atoms with Gasteiger partial charge in [0.05, 0.1) is 9.62 Å². The Balaban J connectivity index is 0.00000300. The molecule has 11 heteroatoms. The number of aromatic nitrogens is 1. The van der Waals surface area contributed by atoms with Crippen LogP contribution in [-0.2, 0) is 0 Å². The van der Waals surface area contributed by atoms with E-state index in [4.69, 9.17) is 0 Å². The molecule has 3 aromatic rings. The van der Waals surface area contributed by atoms with E-state index < -0.39 is 22.5 Å². The normalized spacial score (nSPS) is 10.8. The minimum Gasteiger partial charge on any atom is -0.308 e. The fourth-order valence-corrected chi connectivity index (χ4v) is 3.56. The zero-order chi connectivity index (χ0) is 20.4. The fourth-order valence-electron chi connectivity index (χ4n) is 2.53. The second-order valence-electron chi connectivity index (χ2n) is 6.29. The van der Waals surface area contributed by atoms with E-state index >= 15 is 0 Å². The molecule has 154 valence electrons. The number of carbonyl (C=O) groups excluding carboxylic acids is 1. The third-order valence-electron chi connectivity index (χ3n) is 3.97. The molecule has 0 unspecified atom stereocenters. The number of rotatable bonds is 6. The number of nitro benzene ring substituents is 1. The standard InChI is InChI=1S/C18H16F2N4O3S.ClH/c1-22(2)7-8-23(17(25)11-3-5-13(6-4-11)24(26)27)18-21-16-14(20)9-12(19)10-15(16)28-18;/h3-6,9-10H,7-8H2,1-2H3;1H. The number of thiazole rings is 1. The number of non-ortho nitro benzene ring substituents is 1. The Morgan fingerprint density at radius 3 is 2.41 bits per heavy atom. The first-order valence-corrected chi connectivity index (χ1v) is 9.04. The third-order valence-corrected chi connectivity index (χ3v) is 5.00. The van der Waals surface area contributed by atoms with Gasteiger partial charge < -0.3 is 4.90 Å². The number of hydrogen-bond acceptors (Lipinski definition) is 6. The first-order chi connectivity index (χ1) is 13.3. The van der Waals surface area contributed by atoms with Crippen LogP contribution in [0.25, 0.3) is 10.2 Å². The van der Waals surface area contributed by atoms with Crippen molar-refractivity contribution >= 4 is 50.7 Å². The lowest BCUT2D eigenvalue weighted by atomic mass is 10.2. The largest absolute Gasteiger partial charge is 0.308 e. The molecule has 0 saturated heterocycles. The van der Waals surface area contributed by atoms with E-state index in [0.29, 0.717) is 11.2 Å².